The first-order valence-corrected chi connectivity index (χ1v) is 9.88. The van der Waals surface area contributed by atoms with Crippen LogP contribution in [0.4, 0.5) is 5.82 Å². The number of carbonyl (C=O) groups excluding carboxylic acids is 2. The lowest BCUT2D eigenvalue weighted by Crippen LogP contribution is -2.32. The molecular formula is C23H21N5O3. The van der Waals surface area contributed by atoms with Crippen LogP contribution in [0.2, 0.25) is 0 Å². The van der Waals surface area contributed by atoms with Gasteiger partial charge in [-0.2, -0.15) is 0 Å². The van der Waals surface area contributed by atoms with E-state index in [4.69, 9.17) is 4.74 Å². The largest absolute Gasteiger partial charge is 0.449 e. The van der Waals surface area contributed by atoms with Crippen molar-refractivity contribution in [1.29, 1.82) is 0 Å². The van der Waals surface area contributed by atoms with E-state index >= 15 is 0 Å². The molecule has 0 aliphatic carbocycles. The summed E-state index contributed by atoms with van der Waals surface area (Å²) in [6, 6.07) is 12.4. The average Bonchev–Trinajstić information content (AvgIpc) is 3.23. The fraction of sp³-hybridized carbons (Fsp3) is 0.174. The van der Waals surface area contributed by atoms with Crippen LogP contribution in [0.1, 0.15) is 29.3 Å². The molecule has 8 heteroatoms. The molecule has 3 heterocycles. The normalized spacial score (nSPS) is 11.8. The van der Waals surface area contributed by atoms with Crippen molar-refractivity contribution >= 4 is 28.7 Å². The predicted octanol–water partition coefficient (Wildman–Crippen LogP) is 3.90. The molecule has 0 aliphatic heterocycles. The molecular weight excluding hydrogens is 394 g/mol. The molecule has 0 spiro atoms. The van der Waals surface area contributed by atoms with Crippen molar-refractivity contribution in [3.05, 3.63) is 72.2 Å². The van der Waals surface area contributed by atoms with Gasteiger partial charge in [0.05, 0.1) is 16.6 Å². The van der Waals surface area contributed by atoms with E-state index in [2.05, 4.69) is 25.3 Å². The van der Waals surface area contributed by atoms with Crippen LogP contribution >= 0.6 is 0 Å². The van der Waals surface area contributed by atoms with Crippen molar-refractivity contribution in [3.8, 4) is 11.4 Å². The van der Waals surface area contributed by atoms with Gasteiger partial charge in [0.1, 0.15) is 11.6 Å². The number of rotatable bonds is 6. The minimum atomic E-state index is -0.933. The number of aryl methyl sites for hydroxylation is 1. The zero-order chi connectivity index (χ0) is 21.8. The maximum absolute atomic E-state index is 12.7. The lowest BCUT2D eigenvalue weighted by Gasteiger charge is -2.16. The number of esters is 1. The van der Waals surface area contributed by atoms with Gasteiger partial charge in [-0.1, -0.05) is 13.0 Å². The number of hydrogen-bond donors (Lipinski definition) is 2. The molecule has 0 saturated heterocycles. The van der Waals surface area contributed by atoms with E-state index in [-0.39, 0.29) is 0 Å². The summed E-state index contributed by atoms with van der Waals surface area (Å²) in [5.41, 5.74) is 3.40. The van der Waals surface area contributed by atoms with Crippen LogP contribution in [0, 0.1) is 6.92 Å². The van der Waals surface area contributed by atoms with Gasteiger partial charge in [0.15, 0.2) is 6.10 Å². The van der Waals surface area contributed by atoms with Gasteiger partial charge < -0.3 is 15.0 Å². The third-order valence-electron chi connectivity index (χ3n) is 4.82. The summed E-state index contributed by atoms with van der Waals surface area (Å²) in [4.78, 5) is 41.2. The Labute approximate surface area is 178 Å². The van der Waals surface area contributed by atoms with E-state index in [1.807, 2.05) is 25.1 Å². The lowest BCUT2D eigenvalue weighted by molar-refractivity contribution is -0.124. The summed E-state index contributed by atoms with van der Waals surface area (Å²) in [5.74, 6) is 0.104. The maximum atomic E-state index is 12.7. The number of ether oxygens (including phenoxy) is 1. The van der Waals surface area contributed by atoms with Crippen molar-refractivity contribution in [2.45, 2.75) is 26.4 Å². The van der Waals surface area contributed by atoms with Crippen LogP contribution in [-0.2, 0) is 9.53 Å². The average molecular weight is 415 g/mol. The van der Waals surface area contributed by atoms with Crippen LogP contribution in [0.5, 0.6) is 0 Å². The van der Waals surface area contributed by atoms with E-state index in [9.17, 15) is 9.59 Å². The summed E-state index contributed by atoms with van der Waals surface area (Å²) >= 11 is 0. The van der Waals surface area contributed by atoms with Crippen LogP contribution in [0.25, 0.3) is 22.4 Å². The molecule has 1 atom stereocenters. The molecule has 0 aliphatic rings. The Morgan fingerprint density at radius 1 is 1.16 bits per heavy atom. The standard InChI is InChI=1S/C23H21N5O3/c1-3-19(22(29)28-20-14(2)6-4-11-25-20)31-23(30)15-8-9-17-18(12-15)27-21(26-17)16-7-5-10-24-13-16/h4-13,19H,3H2,1-2H3,(H,26,27)(H,25,28,29). The van der Waals surface area contributed by atoms with Gasteiger partial charge in [-0.05, 0) is 55.3 Å². The number of aromatic nitrogens is 4. The molecule has 8 nitrogen and oxygen atoms in total. The highest BCUT2D eigenvalue weighted by molar-refractivity contribution is 5.98. The van der Waals surface area contributed by atoms with Crippen molar-refractivity contribution in [2.24, 2.45) is 0 Å². The maximum Gasteiger partial charge on any atom is 0.338 e. The molecule has 4 rings (SSSR count). The van der Waals surface area contributed by atoms with Crippen LogP contribution < -0.4 is 5.32 Å². The molecule has 2 N–H and O–H groups in total. The molecule has 1 aromatic carbocycles. The minimum absolute atomic E-state index is 0.328. The number of anilines is 1. The van der Waals surface area contributed by atoms with Gasteiger partial charge in [-0.25, -0.2) is 14.8 Å². The number of pyridine rings is 2. The van der Waals surface area contributed by atoms with E-state index < -0.39 is 18.0 Å². The molecule has 31 heavy (non-hydrogen) atoms. The fourth-order valence-electron chi connectivity index (χ4n) is 3.11. The number of hydrogen-bond acceptors (Lipinski definition) is 6. The second-order valence-electron chi connectivity index (χ2n) is 7.02. The number of benzene rings is 1. The topological polar surface area (TPSA) is 110 Å². The number of amides is 1. The number of nitrogens with one attached hydrogen (secondary N) is 2. The van der Waals surface area contributed by atoms with Gasteiger partial charge in [0, 0.05) is 24.2 Å². The fourth-order valence-corrected chi connectivity index (χ4v) is 3.11. The van der Waals surface area contributed by atoms with E-state index in [1.54, 1.807) is 49.8 Å². The number of imidazole rings is 1. The summed E-state index contributed by atoms with van der Waals surface area (Å²) in [7, 11) is 0. The zero-order valence-electron chi connectivity index (χ0n) is 17.1. The zero-order valence-corrected chi connectivity index (χ0v) is 17.1. The molecule has 0 saturated carbocycles. The van der Waals surface area contributed by atoms with E-state index in [0.29, 0.717) is 34.7 Å². The molecule has 0 fully saturated rings. The number of carbonyl (C=O) groups is 2. The Morgan fingerprint density at radius 3 is 2.74 bits per heavy atom. The first-order chi connectivity index (χ1) is 15.0. The van der Waals surface area contributed by atoms with Crippen molar-refractivity contribution in [3.63, 3.8) is 0 Å². The first kappa shape index (κ1) is 20.2. The molecule has 4 aromatic rings. The predicted molar refractivity (Wildman–Crippen MR) is 116 cm³/mol. The molecule has 156 valence electrons. The van der Waals surface area contributed by atoms with Gasteiger partial charge in [-0.15, -0.1) is 0 Å². The third kappa shape index (κ3) is 4.42. The van der Waals surface area contributed by atoms with Crippen LogP contribution in [0.3, 0.4) is 0 Å². The van der Waals surface area contributed by atoms with Crippen LogP contribution in [0.15, 0.2) is 61.1 Å². The highest BCUT2D eigenvalue weighted by Gasteiger charge is 2.23. The Morgan fingerprint density at radius 2 is 2.00 bits per heavy atom. The Hall–Kier alpha value is -4.07. The molecule has 0 bridgehead atoms. The van der Waals surface area contributed by atoms with Crippen molar-refractivity contribution in [1.82, 2.24) is 19.9 Å². The molecule has 3 aromatic heterocycles. The number of aromatic amines is 1. The minimum Gasteiger partial charge on any atom is -0.449 e. The van der Waals surface area contributed by atoms with Gasteiger partial charge in [-0.3, -0.25) is 9.78 Å². The van der Waals surface area contributed by atoms with Crippen molar-refractivity contribution in [2.75, 3.05) is 5.32 Å². The SMILES string of the molecule is CCC(OC(=O)c1ccc2nc(-c3cccnc3)[nH]c2c1)C(=O)Nc1ncccc1C. The van der Waals surface area contributed by atoms with Gasteiger partial charge in [0.25, 0.3) is 5.91 Å². The second kappa shape index (κ2) is 8.74. The van der Waals surface area contributed by atoms with E-state index in [1.165, 1.54) is 0 Å². The Kier molecular flexibility index (Phi) is 5.70. The summed E-state index contributed by atoms with van der Waals surface area (Å²) in [6.07, 6.45) is 4.39. The van der Waals surface area contributed by atoms with Crippen LogP contribution in [-0.4, -0.2) is 37.9 Å². The summed E-state index contributed by atoms with van der Waals surface area (Å²) < 4.78 is 5.48. The highest BCUT2D eigenvalue weighted by Crippen LogP contribution is 2.21. The number of fused-ring (bicyclic) bond motifs is 1. The second-order valence-corrected chi connectivity index (χ2v) is 7.02. The van der Waals surface area contributed by atoms with E-state index in [0.717, 1.165) is 11.1 Å². The first-order valence-electron chi connectivity index (χ1n) is 9.88. The van der Waals surface area contributed by atoms with Gasteiger partial charge in [0.2, 0.25) is 0 Å². The Bertz CT molecular complexity index is 1240. The smallest absolute Gasteiger partial charge is 0.338 e. The highest BCUT2D eigenvalue weighted by atomic mass is 16.5. The molecule has 1 amide bonds. The number of nitrogens with zero attached hydrogens (tertiary/aromatic N) is 3. The monoisotopic (exact) mass is 415 g/mol. The summed E-state index contributed by atoms with van der Waals surface area (Å²) in [5, 5.41) is 2.72. The third-order valence-corrected chi connectivity index (χ3v) is 4.82. The Balaban J connectivity index is 1.50. The van der Waals surface area contributed by atoms with Gasteiger partial charge >= 0.3 is 5.97 Å². The quantitative estimate of drug-likeness (QED) is 0.462. The number of H-pyrrole nitrogens is 1. The summed E-state index contributed by atoms with van der Waals surface area (Å²) in [6.45, 7) is 3.62. The van der Waals surface area contributed by atoms with Crippen molar-refractivity contribution < 1.29 is 14.3 Å². The molecule has 0 radical (unpaired) electrons. The molecule has 1 unspecified atom stereocenters. The lowest BCUT2D eigenvalue weighted by atomic mass is 10.2.